The molecule has 1 aliphatic heterocycles. The minimum atomic E-state index is 0.169. The number of thiazole rings is 1. The number of hydrogen-bond donors (Lipinski definition) is 2. The second-order valence-corrected chi connectivity index (χ2v) is 8.55. The van der Waals surface area contributed by atoms with Gasteiger partial charge in [0.2, 0.25) is 0 Å². The molecule has 0 radical (unpaired) electrons. The second-order valence-electron chi connectivity index (χ2n) is 7.23. The van der Waals surface area contributed by atoms with Crippen LogP contribution in [0.3, 0.4) is 0 Å². The highest BCUT2D eigenvalue weighted by atomic mass is 32.1. The maximum absolute atomic E-state index is 6.04. The molecule has 1 aliphatic rings. The van der Waals surface area contributed by atoms with Crippen molar-refractivity contribution in [1.29, 1.82) is 0 Å². The summed E-state index contributed by atoms with van der Waals surface area (Å²) in [5.41, 5.74) is 0.169. The van der Waals surface area contributed by atoms with Gasteiger partial charge in [-0.05, 0) is 25.2 Å². The Morgan fingerprint density at radius 2 is 2.22 bits per heavy atom. The third kappa shape index (κ3) is 5.46. The zero-order valence-electron chi connectivity index (χ0n) is 15.0. The molecule has 0 amide bonds. The van der Waals surface area contributed by atoms with Gasteiger partial charge < -0.3 is 15.4 Å². The van der Waals surface area contributed by atoms with Crippen molar-refractivity contribution in [2.75, 3.05) is 20.2 Å². The lowest BCUT2D eigenvalue weighted by molar-refractivity contribution is -0.0835. The summed E-state index contributed by atoms with van der Waals surface area (Å²) in [6, 6.07) is 0. The molecule has 2 heterocycles. The van der Waals surface area contributed by atoms with Crippen LogP contribution in [-0.4, -0.2) is 37.2 Å². The van der Waals surface area contributed by atoms with E-state index in [1.807, 2.05) is 6.20 Å². The number of aryl methyl sites for hydroxylation is 1. The largest absolute Gasteiger partial charge is 0.377 e. The smallest absolute Gasteiger partial charge is 0.191 e. The molecule has 2 rings (SSSR count). The van der Waals surface area contributed by atoms with Gasteiger partial charge in [-0.15, -0.1) is 11.3 Å². The fourth-order valence-electron chi connectivity index (χ4n) is 3.10. The van der Waals surface area contributed by atoms with Crippen LogP contribution in [-0.2, 0) is 11.3 Å². The third-order valence-corrected chi connectivity index (χ3v) is 5.04. The summed E-state index contributed by atoms with van der Waals surface area (Å²) >= 11 is 1.71. The van der Waals surface area contributed by atoms with Crippen molar-refractivity contribution in [1.82, 2.24) is 15.6 Å². The van der Waals surface area contributed by atoms with Gasteiger partial charge in [0.05, 0.1) is 12.6 Å². The van der Waals surface area contributed by atoms with E-state index in [2.05, 4.69) is 48.3 Å². The molecule has 6 heteroatoms. The van der Waals surface area contributed by atoms with E-state index in [4.69, 9.17) is 4.74 Å². The topological polar surface area (TPSA) is 58.5 Å². The molecule has 1 aromatic rings. The summed E-state index contributed by atoms with van der Waals surface area (Å²) in [4.78, 5) is 9.92. The van der Waals surface area contributed by atoms with Crippen molar-refractivity contribution >= 4 is 17.3 Å². The number of hydrogen-bond acceptors (Lipinski definition) is 4. The molecular formula is C17H30N4OS. The molecule has 0 aliphatic carbocycles. The van der Waals surface area contributed by atoms with E-state index in [1.165, 1.54) is 11.3 Å². The van der Waals surface area contributed by atoms with Gasteiger partial charge in [0.25, 0.3) is 0 Å². The highest BCUT2D eigenvalue weighted by molar-refractivity contribution is 7.11. The van der Waals surface area contributed by atoms with Crippen LogP contribution in [0.1, 0.15) is 43.5 Å². The summed E-state index contributed by atoms with van der Waals surface area (Å²) in [5.74, 6) is 1.35. The third-order valence-electron chi connectivity index (χ3n) is 4.13. The van der Waals surface area contributed by atoms with E-state index in [-0.39, 0.29) is 5.41 Å². The minimum Gasteiger partial charge on any atom is -0.377 e. The summed E-state index contributed by atoms with van der Waals surface area (Å²) < 4.78 is 6.04. The average molecular weight is 339 g/mol. The number of aliphatic imine (C=N–C) groups is 1. The van der Waals surface area contributed by atoms with Gasteiger partial charge in [-0.25, -0.2) is 4.98 Å². The van der Waals surface area contributed by atoms with Gasteiger partial charge in [0, 0.05) is 37.2 Å². The normalized spacial score (nSPS) is 22.9. The van der Waals surface area contributed by atoms with Gasteiger partial charge in [-0.3, -0.25) is 4.99 Å². The van der Waals surface area contributed by atoms with Crippen LogP contribution in [0.4, 0.5) is 0 Å². The van der Waals surface area contributed by atoms with Crippen molar-refractivity contribution in [3.05, 3.63) is 16.1 Å². The SMILES string of the molecule is CN=C(NCc1ncc(C)s1)NCC1CCCOC1C(C)(C)C. The van der Waals surface area contributed by atoms with Crippen molar-refractivity contribution in [2.45, 2.75) is 53.2 Å². The number of aromatic nitrogens is 1. The predicted molar refractivity (Wildman–Crippen MR) is 97.0 cm³/mol. The standard InChI is InChI=1S/C17H30N4OS/c1-12-9-19-14(23-12)11-21-16(18-5)20-10-13-7-6-8-22-15(13)17(2,3)4/h9,13,15H,6-8,10-11H2,1-5H3,(H2,18,20,21). The Labute approximate surface area is 144 Å². The van der Waals surface area contributed by atoms with E-state index >= 15 is 0 Å². The van der Waals surface area contributed by atoms with Gasteiger partial charge in [0.15, 0.2) is 5.96 Å². The number of rotatable bonds is 4. The monoisotopic (exact) mass is 338 g/mol. The predicted octanol–water partition coefficient (Wildman–Crippen LogP) is 2.96. The molecule has 1 fully saturated rings. The van der Waals surface area contributed by atoms with Crippen LogP contribution >= 0.6 is 11.3 Å². The first-order chi connectivity index (χ1) is 10.9. The van der Waals surface area contributed by atoms with Crippen molar-refractivity contribution < 1.29 is 4.74 Å². The van der Waals surface area contributed by atoms with Gasteiger partial charge in [-0.1, -0.05) is 20.8 Å². The van der Waals surface area contributed by atoms with Crippen LogP contribution < -0.4 is 10.6 Å². The lowest BCUT2D eigenvalue weighted by Gasteiger charge is -2.40. The Kier molecular flexibility index (Phi) is 6.41. The van der Waals surface area contributed by atoms with Crippen LogP contribution in [0.25, 0.3) is 0 Å². The zero-order valence-corrected chi connectivity index (χ0v) is 15.8. The summed E-state index contributed by atoms with van der Waals surface area (Å²) in [5, 5.41) is 7.87. The molecule has 2 atom stereocenters. The average Bonchev–Trinajstić information content (AvgIpc) is 2.92. The fourth-order valence-corrected chi connectivity index (χ4v) is 3.83. The lowest BCUT2D eigenvalue weighted by atomic mass is 9.78. The molecule has 1 saturated heterocycles. The van der Waals surface area contributed by atoms with Crippen LogP contribution in [0.15, 0.2) is 11.2 Å². The molecule has 1 aromatic heterocycles. The van der Waals surface area contributed by atoms with Crippen LogP contribution in [0.2, 0.25) is 0 Å². The van der Waals surface area contributed by atoms with Gasteiger partial charge >= 0.3 is 0 Å². The molecule has 5 nitrogen and oxygen atoms in total. The molecule has 23 heavy (non-hydrogen) atoms. The molecule has 0 spiro atoms. The van der Waals surface area contributed by atoms with Crippen molar-refractivity contribution in [3.8, 4) is 0 Å². The molecule has 2 N–H and O–H groups in total. The van der Waals surface area contributed by atoms with Crippen LogP contribution in [0, 0.1) is 18.3 Å². The second kappa shape index (κ2) is 8.11. The van der Waals surface area contributed by atoms with E-state index in [1.54, 1.807) is 18.4 Å². The molecular weight excluding hydrogens is 308 g/mol. The summed E-state index contributed by atoms with van der Waals surface area (Å²) in [6.07, 6.45) is 4.55. The van der Waals surface area contributed by atoms with E-state index < -0.39 is 0 Å². The molecule has 0 saturated carbocycles. The Morgan fingerprint density at radius 1 is 1.43 bits per heavy atom. The zero-order chi connectivity index (χ0) is 16.9. The van der Waals surface area contributed by atoms with Crippen molar-refractivity contribution in [2.24, 2.45) is 16.3 Å². The maximum Gasteiger partial charge on any atom is 0.191 e. The van der Waals surface area contributed by atoms with Gasteiger partial charge in [-0.2, -0.15) is 0 Å². The molecule has 130 valence electrons. The maximum atomic E-state index is 6.04. The number of guanidine groups is 1. The Balaban J connectivity index is 1.84. The quantitative estimate of drug-likeness (QED) is 0.654. The van der Waals surface area contributed by atoms with E-state index in [0.29, 0.717) is 18.6 Å². The fraction of sp³-hybridized carbons (Fsp3) is 0.765. The first-order valence-corrected chi connectivity index (χ1v) is 9.19. The summed E-state index contributed by atoms with van der Waals surface area (Å²) in [6.45, 7) is 11.3. The number of nitrogens with one attached hydrogen (secondary N) is 2. The van der Waals surface area contributed by atoms with E-state index in [9.17, 15) is 0 Å². The summed E-state index contributed by atoms with van der Waals surface area (Å²) in [7, 11) is 1.81. The highest BCUT2D eigenvalue weighted by Crippen LogP contribution is 2.33. The van der Waals surface area contributed by atoms with E-state index in [0.717, 1.165) is 30.5 Å². The van der Waals surface area contributed by atoms with Crippen LogP contribution in [0.5, 0.6) is 0 Å². The lowest BCUT2D eigenvalue weighted by Crippen LogP contribution is -2.47. The Bertz CT molecular complexity index is 521. The molecule has 2 unspecified atom stereocenters. The first kappa shape index (κ1) is 18.2. The van der Waals surface area contributed by atoms with Gasteiger partial charge in [0.1, 0.15) is 5.01 Å². The minimum absolute atomic E-state index is 0.169. The highest BCUT2D eigenvalue weighted by Gasteiger charge is 2.35. The number of nitrogens with zero attached hydrogens (tertiary/aromatic N) is 2. The van der Waals surface area contributed by atoms with Crippen molar-refractivity contribution in [3.63, 3.8) is 0 Å². The number of ether oxygens (including phenoxy) is 1. The molecule has 0 aromatic carbocycles. The first-order valence-electron chi connectivity index (χ1n) is 8.37. The molecule has 0 bridgehead atoms. The Hall–Kier alpha value is -1.14. The Morgan fingerprint density at radius 3 is 2.83 bits per heavy atom.